The smallest absolute Gasteiger partial charge is 0.119 e. The van der Waals surface area contributed by atoms with Crippen LogP contribution < -0.4 is 4.74 Å². The number of hydrogen-bond acceptors (Lipinski definition) is 1. The van der Waals surface area contributed by atoms with E-state index >= 15 is 0 Å². The maximum absolute atomic E-state index is 5.59. The first-order valence-corrected chi connectivity index (χ1v) is 6.65. The summed E-state index contributed by atoms with van der Waals surface area (Å²) >= 11 is 0. The van der Waals surface area contributed by atoms with Gasteiger partial charge in [-0.3, -0.25) is 0 Å². The predicted octanol–water partition coefficient (Wildman–Crippen LogP) is 4.94. The molecule has 0 aliphatic heterocycles. The van der Waals surface area contributed by atoms with E-state index in [0.717, 1.165) is 25.2 Å². The van der Waals surface area contributed by atoms with E-state index in [9.17, 15) is 0 Å². The summed E-state index contributed by atoms with van der Waals surface area (Å²) in [7, 11) is 0. The summed E-state index contributed by atoms with van der Waals surface area (Å²) in [5.74, 6) is 1.61. The molecule has 94 valence electrons. The molecule has 0 aliphatic rings. The minimum atomic E-state index is 0.631. The Morgan fingerprint density at radius 2 is 1.88 bits per heavy atom. The van der Waals surface area contributed by atoms with E-state index in [2.05, 4.69) is 57.2 Å². The van der Waals surface area contributed by atoms with Gasteiger partial charge < -0.3 is 4.74 Å². The minimum Gasteiger partial charge on any atom is -0.494 e. The highest BCUT2D eigenvalue weighted by Gasteiger charge is 2.07. The van der Waals surface area contributed by atoms with E-state index in [1.54, 1.807) is 0 Å². The first-order valence-electron chi connectivity index (χ1n) is 6.65. The highest BCUT2D eigenvalue weighted by atomic mass is 16.5. The van der Waals surface area contributed by atoms with Crippen LogP contribution in [0.1, 0.15) is 51.5 Å². The SMILES string of the molecule is C/C=C\CC(CC)c1ccc(OCCC)cc1. The van der Waals surface area contributed by atoms with Crippen LogP contribution in [0.3, 0.4) is 0 Å². The van der Waals surface area contributed by atoms with Gasteiger partial charge >= 0.3 is 0 Å². The van der Waals surface area contributed by atoms with Crippen molar-refractivity contribution in [3.05, 3.63) is 42.0 Å². The highest BCUT2D eigenvalue weighted by molar-refractivity contribution is 5.29. The van der Waals surface area contributed by atoms with Crippen molar-refractivity contribution in [2.45, 2.75) is 46.0 Å². The summed E-state index contributed by atoms with van der Waals surface area (Å²) in [5.41, 5.74) is 1.41. The second-order valence-electron chi connectivity index (χ2n) is 4.33. The lowest BCUT2D eigenvalue weighted by atomic mass is 9.93. The summed E-state index contributed by atoms with van der Waals surface area (Å²) in [6.07, 6.45) is 7.74. The van der Waals surface area contributed by atoms with Crippen LogP contribution in [0, 0.1) is 0 Å². The Hall–Kier alpha value is -1.24. The van der Waals surface area contributed by atoms with Gasteiger partial charge in [0.2, 0.25) is 0 Å². The molecule has 0 spiro atoms. The molecule has 1 aromatic carbocycles. The molecule has 0 saturated carbocycles. The maximum Gasteiger partial charge on any atom is 0.119 e. The van der Waals surface area contributed by atoms with E-state index in [4.69, 9.17) is 4.74 Å². The Bertz CT molecular complexity index is 324. The van der Waals surface area contributed by atoms with E-state index in [1.807, 2.05) is 0 Å². The molecule has 0 amide bonds. The second kappa shape index (κ2) is 7.94. The van der Waals surface area contributed by atoms with Gasteiger partial charge in [0.15, 0.2) is 0 Å². The van der Waals surface area contributed by atoms with Crippen LogP contribution in [0.4, 0.5) is 0 Å². The Balaban J connectivity index is 2.64. The van der Waals surface area contributed by atoms with Crippen molar-refractivity contribution in [2.24, 2.45) is 0 Å². The molecular formula is C16H24O. The topological polar surface area (TPSA) is 9.23 Å². The molecule has 1 rings (SSSR count). The fourth-order valence-corrected chi connectivity index (χ4v) is 1.89. The molecular weight excluding hydrogens is 208 g/mol. The molecule has 1 nitrogen and oxygen atoms in total. The molecule has 0 heterocycles. The summed E-state index contributed by atoms with van der Waals surface area (Å²) in [6.45, 7) is 7.25. The van der Waals surface area contributed by atoms with Gasteiger partial charge in [0.25, 0.3) is 0 Å². The molecule has 1 heteroatoms. The zero-order chi connectivity index (χ0) is 12.5. The lowest BCUT2D eigenvalue weighted by Gasteiger charge is -2.14. The fraction of sp³-hybridized carbons (Fsp3) is 0.500. The molecule has 1 unspecified atom stereocenters. The van der Waals surface area contributed by atoms with Crippen molar-refractivity contribution in [3.63, 3.8) is 0 Å². The third-order valence-corrected chi connectivity index (χ3v) is 2.97. The second-order valence-corrected chi connectivity index (χ2v) is 4.33. The molecule has 1 atom stereocenters. The largest absolute Gasteiger partial charge is 0.494 e. The van der Waals surface area contributed by atoms with Crippen LogP contribution in [0.25, 0.3) is 0 Å². The lowest BCUT2D eigenvalue weighted by molar-refractivity contribution is 0.317. The first kappa shape index (κ1) is 13.8. The highest BCUT2D eigenvalue weighted by Crippen LogP contribution is 2.25. The summed E-state index contributed by atoms with van der Waals surface area (Å²) in [5, 5.41) is 0. The van der Waals surface area contributed by atoms with E-state index < -0.39 is 0 Å². The quantitative estimate of drug-likeness (QED) is 0.605. The molecule has 0 saturated heterocycles. The zero-order valence-corrected chi connectivity index (χ0v) is 11.3. The van der Waals surface area contributed by atoms with Crippen LogP contribution >= 0.6 is 0 Å². The van der Waals surface area contributed by atoms with Gasteiger partial charge in [0, 0.05) is 0 Å². The van der Waals surface area contributed by atoms with Crippen LogP contribution in [-0.2, 0) is 0 Å². The summed E-state index contributed by atoms with van der Waals surface area (Å²) < 4.78 is 5.59. The van der Waals surface area contributed by atoms with Crippen molar-refractivity contribution in [1.82, 2.24) is 0 Å². The van der Waals surface area contributed by atoms with Crippen LogP contribution in [0.5, 0.6) is 5.75 Å². The standard InChI is InChI=1S/C16H24O/c1-4-7-8-14(6-3)15-9-11-16(12-10-15)17-13-5-2/h4,7,9-12,14H,5-6,8,13H2,1-3H3/b7-4-. The normalized spacial score (nSPS) is 12.9. The van der Waals surface area contributed by atoms with E-state index in [0.29, 0.717) is 5.92 Å². The van der Waals surface area contributed by atoms with Crippen LogP contribution in [0.2, 0.25) is 0 Å². The van der Waals surface area contributed by atoms with Crippen molar-refractivity contribution >= 4 is 0 Å². The number of allylic oxidation sites excluding steroid dienone is 2. The van der Waals surface area contributed by atoms with E-state index in [1.165, 1.54) is 12.0 Å². The Labute approximate surface area is 106 Å². The van der Waals surface area contributed by atoms with Crippen LogP contribution in [0.15, 0.2) is 36.4 Å². The minimum absolute atomic E-state index is 0.631. The number of benzene rings is 1. The molecule has 0 radical (unpaired) electrons. The lowest BCUT2D eigenvalue weighted by Crippen LogP contribution is -1.98. The molecule has 0 N–H and O–H groups in total. The van der Waals surface area contributed by atoms with Crippen molar-refractivity contribution in [2.75, 3.05) is 6.61 Å². The molecule has 1 aromatic rings. The first-order chi connectivity index (χ1) is 8.31. The Kier molecular flexibility index (Phi) is 6.46. The van der Waals surface area contributed by atoms with Crippen molar-refractivity contribution < 1.29 is 4.74 Å². The number of hydrogen-bond donors (Lipinski definition) is 0. The summed E-state index contributed by atoms with van der Waals surface area (Å²) in [4.78, 5) is 0. The molecule has 0 fully saturated rings. The maximum atomic E-state index is 5.59. The van der Waals surface area contributed by atoms with Gasteiger partial charge in [-0.05, 0) is 49.8 Å². The van der Waals surface area contributed by atoms with Crippen molar-refractivity contribution in [3.8, 4) is 5.75 Å². The third kappa shape index (κ3) is 4.64. The predicted molar refractivity (Wildman–Crippen MR) is 74.7 cm³/mol. The van der Waals surface area contributed by atoms with Gasteiger partial charge in [-0.2, -0.15) is 0 Å². The van der Waals surface area contributed by atoms with Gasteiger partial charge in [-0.25, -0.2) is 0 Å². The average molecular weight is 232 g/mol. The Morgan fingerprint density at radius 1 is 1.18 bits per heavy atom. The Morgan fingerprint density at radius 3 is 2.41 bits per heavy atom. The number of ether oxygens (including phenoxy) is 1. The molecule has 0 bridgehead atoms. The van der Waals surface area contributed by atoms with Crippen LogP contribution in [-0.4, -0.2) is 6.61 Å². The molecule has 0 aromatic heterocycles. The van der Waals surface area contributed by atoms with Gasteiger partial charge in [0.1, 0.15) is 5.75 Å². The van der Waals surface area contributed by atoms with Gasteiger partial charge in [-0.1, -0.05) is 38.1 Å². The van der Waals surface area contributed by atoms with Gasteiger partial charge in [-0.15, -0.1) is 0 Å². The number of rotatable bonds is 7. The fourth-order valence-electron chi connectivity index (χ4n) is 1.89. The van der Waals surface area contributed by atoms with Crippen molar-refractivity contribution in [1.29, 1.82) is 0 Å². The third-order valence-electron chi connectivity index (χ3n) is 2.97. The molecule has 17 heavy (non-hydrogen) atoms. The van der Waals surface area contributed by atoms with Gasteiger partial charge in [0.05, 0.1) is 6.61 Å². The summed E-state index contributed by atoms with van der Waals surface area (Å²) in [6, 6.07) is 8.57. The van der Waals surface area contributed by atoms with E-state index in [-0.39, 0.29) is 0 Å². The monoisotopic (exact) mass is 232 g/mol. The zero-order valence-electron chi connectivity index (χ0n) is 11.3. The average Bonchev–Trinajstić information content (AvgIpc) is 2.38. The molecule has 0 aliphatic carbocycles.